The van der Waals surface area contributed by atoms with Crippen molar-refractivity contribution < 1.29 is 9.18 Å². The molecule has 2 N–H and O–H groups in total. The number of nitrogens with zero attached hydrogens (tertiary/aromatic N) is 2. The number of piperidine rings is 1. The average Bonchev–Trinajstić information content (AvgIpc) is 3.19. The maximum absolute atomic E-state index is 14.0. The lowest BCUT2D eigenvalue weighted by atomic mass is 9.83. The highest BCUT2D eigenvalue weighted by atomic mass is 19.1. The zero-order valence-corrected chi connectivity index (χ0v) is 23.3. The third kappa shape index (κ3) is 5.15. The second kappa shape index (κ2) is 10.8. The van der Waals surface area contributed by atoms with E-state index in [1.165, 1.54) is 6.07 Å². The van der Waals surface area contributed by atoms with E-state index < -0.39 is 0 Å². The molecule has 0 saturated carbocycles. The molecule has 0 bridgehead atoms. The van der Waals surface area contributed by atoms with Crippen LogP contribution in [0.1, 0.15) is 70.3 Å². The number of nitrogens with one attached hydrogen (secondary N) is 2. The van der Waals surface area contributed by atoms with Crippen LogP contribution in [0.3, 0.4) is 0 Å². The van der Waals surface area contributed by atoms with Crippen LogP contribution >= 0.6 is 0 Å². The van der Waals surface area contributed by atoms with Crippen LogP contribution in [-0.2, 0) is 6.54 Å². The molecule has 3 unspecified atom stereocenters. The molecule has 6 nitrogen and oxygen atoms in total. The van der Waals surface area contributed by atoms with Crippen LogP contribution in [0.4, 0.5) is 4.39 Å². The molecule has 1 amide bonds. The van der Waals surface area contributed by atoms with E-state index >= 15 is 0 Å². The zero-order chi connectivity index (χ0) is 27.8. The van der Waals surface area contributed by atoms with Gasteiger partial charge >= 0.3 is 0 Å². The fraction of sp³-hybridized carbons (Fsp3) is 0.375. The number of para-hydroxylation sites is 1. The van der Waals surface area contributed by atoms with Crippen molar-refractivity contribution in [1.29, 1.82) is 0 Å². The molecule has 39 heavy (non-hydrogen) atoms. The Morgan fingerprint density at radius 1 is 1.13 bits per heavy atom. The molecule has 7 heteroatoms. The maximum atomic E-state index is 14.0. The monoisotopic (exact) mass is 528 g/mol. The molecule has 3 heterocycles. The van der Waals surface area contributed by atoms with Crippen LogP contribution in [0.15, 0.2) is 59.4 Å². The Balaban J connectivity index is 1.44. The molecule has 1 saturated heterocycles. The predicted octanol–water partition coefficient (Wildman–Crippen LogP) is 5.97. The molecular weight excluding hydrogens is 491 g/mol. The SMILES string of the molecule is Cc1cc(C)c(CNC(=O)c2c(C)n(C(C)C3CCN(C)C(c4cccc(F)c4)C3)c3ccccc23)c(=O)[nH]1. The molecule has 0 spiro atoms. The number of amides is 1. The van der Waals surface area contributed by atoms with Gasteiger partial charge in [0.1, 0.15) is 5.82 Å². The highest BCUT2D eigenvalue weighted by Gasteiger charge is 2.33. The highest BCUT2D eigenvalue weighted by molar-refractivity contribution is 6.08. The first-order valence-electron chi connectivity index (χ1n) is 13.7. The molecule has 2 aromatic carbocycles. The van der Waals surface area contributed by atoms with Gasteiger partial charge in [0.15, 0.2) is 0 Å². The number of halogens is 1. The summed E-state index contributed by atoms with van der Waals surface area (Å²) in [6, 6.07) is 17.2. The van der Waals surface area contributed by atoms with Gasteiger partial charge in [-0.3, -0.25) is 14.5 Å². The molecule has 2 aromatic heterocycles. The van der Waals surface area contributed by atoms with Gasteiger partial charge in [0, 0.05) is 46.5 Å². The van der Waals surface area contributed by atoms with E-state index in [4.69, 9.17) is 0 Å². The van der Waals surface area contributed by atoms with Gasteiger partial charge in [-0.15, -0.1) is 0 Å². The quantitative estimate of drug-likeness (QED) is 0.324. The standard InChI is InChI=1S/C32H37FN4O2/c1-19-15-20(2)35-31(38)27(19)18-34-32(39)30-22(4)37(28-12-7-6-11-26(28)30)21(3)23-13-14-36(5)29(17-23)24-9-8-10-25(33)16-24/h6-12,15-16,21,23,29H,13-14,17-18H2,1-5H3,(H,34,39)(H,35,38). The second-order valence-corrected chi connectivity index (χ2v) is 11.0. The van der Waals surface area contributed by atoms with Crippen molar-refractivity contribution in [3.63, 3.8) is 0 Å². The lowest BCUT2D eigenvalue weighted by Gasteiger charge is -2.40. The Hall–Kier alpha value is -3.71. The molecule has 0 radical (unpaired) electrons. The van der Waals surface area contributed by atoms with E-state index in [2.05, 4.69) is 39.8 Å². The number of hydrogen-bond donors (Lipinski definition) is 2. The van der Waals surface area contributed by atoms with Crippen LogP contribution in [0, 0.1) is 32.5 Å². The van der Waals surface area contributed by atoms with Gasteiger partial charge in [0.2, 0.25) is 0 Å². The highest BCUT2D eigenvalue weighted by Crippen LogP contribution is 2.41. The van der Waals surface area contributed by atoms with Crippen LogP contribution in [-0.4, -0.2) is 34.0 Å². The predicted molar refractivity (Wildman–Crippen MR) is 154 cm³/mol. The van der Waals surface area contributed by atoms with Gasteiger partial charge in [-0.05, 0) is 95.4 Å². The topological polar surface area (TPSA) is 70.1 Å². The molecule has 4 aromatic rings. The zero-order valence-electron chi connectivity index (χ0n) is 23.3. The van der Waals surface area contributed by atoms with Crippen molar-refractivity contribution >= 4 is 16.8 Å². The van der Waals surface area contributed by atoms with E-state index in [-0.39, 0.29) is 35.9 Å². The summed E-state index contributed by atoms with van der Waals surface area (Å²) in [5.74, 6) is -0.0366. The van der Waals surface area contributed by atoms with Crippen LogP contribution in [0.2, 0.25) is 0 Å². The number of aromatic amines is 1. The van der Waals surface area contributed by atoms with Crippen LogP contribution < -0.4 is 10.9 Å². The summed E-state index contributed by atoms with van der Waals surface area (Å²) in [6.45, 7) is 9.07. The number of hydrogen-bond acceptors (Lipinski definition) is 3. The first kappa shape index (κ1) is 26.9. The Labute approximate surface area is 228 Å². The van der Waals surface area contributed by atoms with Crippen LogP contribution in [0.5, 0.6) is 0 Å². The summed E-state index contributed by atoms with van der Waals surface area (Å²) < 4.78 is 16.3. The number of fused-ring (bicyclic) bond motifs is 1. The lowest BCUT2D eigenvalue weighted by Crippen LogP contribution is -2.36. The summed E-state index contributed by atoms with van der Waals surface area (Å²) in [5.41, 5.74) is 5.65. The van der Waals surface area contributed by atoms with Gasteiger partial charge in [-0.1, -0.05) is 30.3 Å². The Morgan fingerprint density at radius 3 is 2.64 bits per heavy atom. The molecule has 1 aliphatic rings. The third-order valence-electron chi connectivity index (χ3n) is 8.54. The summed E-state index contributed by atoms with van der Waals surface area (Å²) in [5, 5.41) is 3.91. The summed E-state index contributed by atoms with van der Waals surface area (Å²) in [6.07, 6.45) is 1.93. The number of likely N-dealkylation sites (tertiary alicyclic amines) is 1. The number of carbonyl (C=O) groups excluding carboxylic acids is 1. The van der Waals surface area contributed by atoms with Gasteiger partial charge in [-0.25, -0.2) is 4.39 Å². The maximum Gasteiger partial charge on any atom is 0.254 e. The smallest absolute Gasteiger partial charge is 0.254 e. The van der Waals surface area contributed by atoms with E-state index in [1.807, 2.05) is 51.1 Å². The van der Waals surface area contributed by atoms with E-state index in [9.17, 15) is 14.0 Å². The Kier molecular flexibility index (Phi) is 7.45. The van der Waals surface area contributed by atoms with E-state index in [1.54, 1.807) is 12.1 Å². The summed E-state index contributed by atoms with van der Waals surface area (Å²) in [4.78, 5) is 31.2. The van der Waals surface area contributed by atoms with Crippen molar-refractivity contribution in [3.05, 3.63) is 104 Å². The minimum absolute atomic E-state index is 0.141. The third-order valence-corrected chi connectivity index (χ3v) is 8.54. The average molecular weight is 529 g/mol. The molecule has 1 fully saturated rings. The number of carbonyl (C=O) groups is 1. The number of pyridine rings is 1. The van der Waals surface area contributed by atoms with Gasteiger partial charge < -0.3 is 14.9 Å². The minimum atomic E-state index is -0.207. The minimum Gasteiger partial charge on any atom is -0.348 e. The van der Waals surface area contributed by atoms with E-state index in [0.29, 0.717) is 17.0 Å². The second-order valence-electron chi connectivity index (χ2n) is 11.0. The largest absolute Gasteiger partial charge is 0.348 e. The van der Waals surface area contributed by atoms with Crippen molar-refractivity contribution in [1.82, 2.24) is 19.8 Å². The van der Waals surface area contributed by atoms with Gasteiger partial charge in [0.05, 0.1) is 5.56 Å². The first-order valence-corrected chi connectivity index (χ1v) is 13.7. The van der Waals surface area contributed by atoms with E-state index in [0.717, 1.165) is 52.8 Å². The number of aryl methyl sites for hydroxylation is 2. The fourth-order valence-electron chi connectivity index (χ4n) is 6.42. The molecule has 0 aliphatic carbocycles. The van der Waals surface area contributed by atoms with Gasteiger partial charge in [-0.2, -0.15) is 0 Å². The molecule has 5 rings (SSSR count). The van der Waals surface area contributed by atoms with Gasteiger partial charge in [0.25, 0.3) is 11.5 Å². The van der Waals surface area contributed by atoms with Crippen molar-refractivity contribution in [2.45, 2.75) is 59.2 Å². The Bertz CT molecular complexity index is 1590. The molecular formula is C32H37FN4O2. The normalized spacial score (nSPS) is 18.8. The molecule has 3 atom stereocenters. The number of aromatic nitrogens is 2. The Morgan fingerprint density at radius 2 is 1.90 bits per heavy atom. The van der Waals surface area contributed by atoms with Crippen LogP contribution in [0.25, 0.3) is 10.9 Å². The molecule has 204 valence electrons. The first-order chi connectivity index (χ1) is 18.7. The van der Waals surface area contributed by atoms with Crippen molar-refractivity contribution in [2.75, 3.05) is 13.6 Å². The molecule has 1 aliphatic heterocycles. The lowest BCUT2D eigenvalue weighted by molar-refractivity contribution is 0.0950. The number of rotatable bonds is 6. The van der Waals surface area contributed by atoms with Crippen molar-refractivity contribution in [3.8, 4) is 0 Å². The number of benzene rings is 2. The summed E-state index contributed by atoms with van der Waals surface area (Å²) >= 11 is 0. The summed E-state index contributed by atoms with van der Waals surface area (Å²) in [7, 11) is 2.11. The fourth-order valence-corrected chi connectivity index (χ4v) is 6.42. The number of H-pyrrole nitrogens is 1. The van der Waals surface area contributed by atoms with Crippen molar-refractivity contribution in [2.24, 2.45) is 5.92 Å².